The molecule has 2 atom stereocenters. The first-order chi connectivity index (χ1) is 29.1. The van der Waals surface area contributed by atoms with Crippen LogP contribution in [0.2, 0.25) is 0 Å². The maximum absolute atomic E-state index is 13.3. The Morgan fingerprint density at radius 1 is 0.565 bits per heavy atom. The Hall–Kier alpha value is -4.26. The molecule has 0 unspecified atom stereocenters. The number of amides is 2. The van der Waals surface area contributed by atoms with Crippen LogP contribution in [0.5, 0.6) is 0 Å². The molecule has 4 aromatic heterocycles. The van der Waals surface area contributed by atoms with Crippen molar-refractivity contribution in [1.82, 2.24) is 48.8 Å². The Morgan fingerprint density at radius 3 is 1.24 bits per heavy atom. The van der Waals surface area contributed by atoms with E-state index in [1.54, 1.807) is 47.0 Å². The molecular formula is C44H68N10O6S2. The average Bonchev–Trinajstić information content (AvgIpc) is 3.99. The lowest BCUT2D eigenvalue weighted by Gasteiger charge is -2.29. The number of nitrogens with zero attached hydrogens (tertiary/aromatic N) is 10. The second-order valence-corrected chi connectivity index (χ2v) is 28.9. The summed E-state index contributed by atoms with van der Waals surface area (Å²) in [6, 6.07) is -0.524. The zero-order valence-corrected chi connectivity index (χ0v) is 40.5. The SMILES string of the molecule is CC(C)(C)OC(=O)N1CCC[C@H]1c1ncc(-c2cnc(-c3cnc(-c4cnc([C@@H]5CCCN5C(=O)OC(C)(C)C)n4COCCS(C)(C)C)cn3)cn2)n1COCCS(C)(C)C. The van der Waals surface area contributed by atoms with Crippen molar-refractivity contribution < 1.29 is 28.5 Å². The lowest BCUT2D eigenvalue weighted by atomic mass is 10.2. The average molecular weight is 897 g/mol. The zero-order valence-electron chi connectivity index (χ0n) is 38.8. The van der Waals surface area contributed by atoms with E-state index in [1.165, 1.54) is 0 Å². The first-order valence-corrected chi connectivity index (χ1v) is 27.3. The Labute approximate surface area is 370 Å². The molecule has 0 aromatic carbocycles. The molecular weight excluding hydrogens is 829 g/mol. The molecule has 6 heterocycles. The summed E-state index contributed by atoms with van der Waals surface area (Å²) < 4.78 is 28.1. The van der Waals surface area contributed by atoms with E-state index in [0.717, 1.165) is 60.2 Å². The molecule has 0 radical (unpaired) electrons. The van der Waals surface area contributed by atoms with E-state index in [4.69, 9.17) is 48.9 Å². The van der Waals surface area contributed by atoms with Crippen molar-refractivity contribution >= 4 is 32.2 Å². The highest BCUT2D eigenvalue weighted by atomic mass is 32.3. The summed E-state index contributed by atoms with van der Waals surface area (Å²) in [6.07, 6.45) is 26.5. The topological polar surface area (TPSA) is 165 Å². The van der Waals surface area contributed by atoms with Gasteiger partial charge in [0.25, 0.3) is 0 Å². The predicted octanol–water partition coefficient (Wildman–Crippen LogP) is 8.14. The summed E-state index contributed by atoms with van der Waals surface area (Å²) in [7, 11) is -1.49. The van der Waals surface area contributed by atoms with E-state index in [2.05, 4.69) is 37.5 Å². The summed E-state index contributed by atoms with van der Waals surface area (Å²) in [6.45, 7) is 14.2. The van der Waals surface area contributed by atoms with E-state index < -0.39 is 31.3 Å². The van der Waals surface area contributed by atoms with Crippen LogP contribution in [-0.2, 0) is 32.4 Å². The quantitative estimate of drug-likeness (QED) is 0.105. The summed E-state index contributed by atoms with van der Waals surface area (Å²) in [4.78, 5) is 59.0. The molecule has 2 amide bonds. The Kier molecular flexibility index (Phi) is 14.6. The summed E-state index contributed by atoms with van der Waals surface area (Å²) in [5.74, 6) is 3.40. The second kappa shape index (κ2) is 19.2. The van der Waals surface area contributed by atoms with Crippen molar-refractivity contribution in [2.45, 2.75) is 104 Å². The fraction of sp³-hybridized carbons (Fsp3) is 0.636. The highest BCUT2D eigenvalue weighted by molar-refractivity contribution is 8.32. The largest absolute Gasteiger partial charge is 0.444 e. The van der Waals surface area contributed by atoms with Crippen LogP contribution in [-0.4, -0.2) is 148 Å². The van der Waals surface area contributed by atoms with Crippen molar-refractivity contribution in [3.63, 3.8) is 0 Å². The molecule has 2 saturated heterocycles. The number of hydrogen-bond acceptors (Lipinski definition) is 12. The third-order valence-corrected chi connectivity index (χ3v) is 13.1. The number of imidazole rings is 2. The third kappa shape index (κ3) is 12.5. The minimum atomic E-state index is -0.744. The van der Waals surface area contributed by atoms with Gasteiger partial charge in [-0.05, 0) is 105 Å². The van der Waals surface area contributed by atoms with Crippen LogP contribution in [0.4, 0.5) is 9.59 Å². The molecule has 4 aromatic rings. The van der Waals surface area contributed by atoms with Crippen LogP contribution < -0.4 is 0 Å². The third-order valence-electron chi connectivity index (χ3n) is 10.3. The van der Waals surface area contributed by atoms with Crippen LogP contribution in [0.25, 0.3) is 34.2 Å². The van der Waals surface area contributed by atoms with Crippen LogP contribution in [0, 0.1) is 0 Å². The monoisotopic (exact) mass is 896 g/mol. The Bertz CT molecular complexity index is 1980. The molecule has 0 spiro atoms. The molecule has 62 heavy (non-hydrogen) atoms. The number of carbonyl (C=O) groups is 2. The molecule has 0 N–H and O–H groups in total. The Balaban J connectivity index is 1.24. The van der Waals surface area contributed by atoms with Crippen LogP contribution >= 0.6 is 20.1 Å². The van der Waals surface area contributed by atoms with Crippen LogP contribution in [0.15, 0.2) is 37.2 Å². The van der Waals surface area contributed by atoms with Crippen molar-refractivity contribution in [2.24, 2.45) is 0 Å². The maximum atomic E-state index is 13.3. The van der Waals surface area contributed by atoms with Gasteiger partial charge in [0, 0.05) is 24.6 Å². The molecule has 6 rings (SSSR count). The first kappa shape index (κ1) is 47.2. The highest BCUT2D eigenvalue weighted by Gasteiger charge is 2.38. The van der Waals surface area contributed by atoms with Gasteiger partial charge in [-0.3, -0.25) is 29.7 Å². The number of carbonyl (C=O) groups excluding carboxylic acids is 2. The summed E-state index contributed by atoms with van der Waals surface area (Å²) >= 11 is 0. The lowest BCUT2D eigenvalue weighted by molar-refractivity contribution is 0.0195. The van der Waals surface area contributed by atoms with Crippen molar-refractivity contribution in [1.29, 1.82) is 0 Å². The number of aromatic nitrogens is 8. The number of rotatable bonds is 15. The number of likely N-dealkylation sites (tertiary alicyclic amines) is 2. The van der Waals surface area contributed by atoms with Gasteiger partial charge >= 0.3 is 12.2 Å². The van der Waals surface area contributed by atoms with Gasteiger partial charge in [0.1, 0.15) is 59.1 Å². The lowest BCUT2D eigenvalue weighted by Crippen LogP contribution is -2.37. The molecule has 16 nitrogen and oxygen atoms in total. The molecule has 0 aliphatic carbocycles. The normalized spacial score (nSPS) is 18.1. The van der Waals surface area contributed by atoms with Gasteiger partial charge in [0.05, 0.1) is 73.9 Å². The van der Waals surface area contributed by atoms with E-state index in [9.17, 15) is 9.59 Å². The maximum Gasteiger partial charge on any atom is 0.410 e. The smallest absolute Gasteiger partial charge is 0.410 e. The molecule has 0 bridgehead atoms. The van der Waals surface area contributed by atoms with Gasteiger partial charge < -0.3 is 28.1 Å². The fourth-order valence-electron chi connectivity index (χ4n) is 7.26. The first-order valence-electron chi connectivity index (χ1n) is 21.3. The molecule has 0 saturated carbocycles. The van der Waals surface area contributed by atoms with E-state index in [1.807, 2.05) is 50.7 Å². The number of hydrogen-bond donors (Lipinski definition) is 0. The predicted molar refractivity (Wildman–Crippen MR) is 248 cm³/mol. The summed E-state index contributed by atoms with van der Waals surface area (Å²) in [5, 5.41) is 0. The van der Waals surface area contributed by atoms with Crippen LogP contribution in [0.1, 0.15) is 91.0 Å². The Morgan fingerprint density at radius 2 is 0.919 bits per heavy atom. The molecule has 2 fully saturated rings. The minimum absolute atomic E-state index is 0.260. The number of ether oxygens (including phenoxy) is 4. The van der Waals surface area contributed by atoms with Crippen molar-refractivity contribution in [3.05, 3.63) is 48.8 Å². The van der Waals surface area contributed by atoms with E-state index in [0.29, 0.717) is 49.1 Å². The molecule has 342 valence electrons. The van der Waals surface area contributed by atoms with Gasteiger partial charge in [-0.15, -0.1) is 0 Å². The zero-order chi connectivity index (χ0) is 45.0. The van der Waals surface area contributed by atoms with Gasteiger partial charge in [0.2, 0.25) is 0 Å². The van der Waals surface area contributed by atoms with Gasteiger partial charge in [-0.1, -0.05) is 0 Å². The second-order valence-electron chi connectivity index (χ2n) is 19.8. The van der Waals surface area contributed by atoms with Gasteiger partial charge in [0.15, 0.2) is 0 Å². The molecule has 2 aliphatic rings. The van der Waals surface area contributed by atoms with Gasteiger partial charge in [-0.25, -0.2) is 39.6 Å². The molecule has 2 aliphatic heterocycles. The van der Waals surface area contributed by atoms with Crippen molar-refractivity contribution in [3.8, 4) is 34.2 Å². The van der Waals surface area contributed by atoms with E-state index in [-0.39, 0.29) is 37.7 Å². The summed E-state index contributed by atoms with van der Waals surface area (Å²) in [5.41, 5.74) is 2.58. The molecule has 18 heteroatoms. The van der Waals surface area contributed by atoms with Crippen LogP contribution in [0.3, 0.4) is 0 Å². The highest BCUT2D eigenvalue weighted by Crippen LogP contribution is 2.38. The fourth-order valence-corrected chi connectivity index (χ4v) is 8.49. The van der Waals surface area contributed by atoms with E-state index >= 15 is 0 Å². The minimum Gasteiger partial charge on any atom is -0.444 e. The van der Waals surface area contributed by atoms with Crippen molar-refractivity contribution in [2.75, 3.05) is 75.3 Å². The van der Waals surface area contributed by atoms with Gasteiger partial charge in [-0.2, -0.15) is 0 Å². The standard InChI is InChI=1S/C44H68N10O6S2/c1-43(2,3)59-41(55)51-17-13-15-35(51)39-49-27-37(53(39)29-57-19-21-61(7,8)9)33-25-45-31(23-47-33)32-24-48-34(26-46-32)38-28-50-40(54(38)30-58-20-22-62(10,11)12)36-16-14-18-52(36)42(56)60-44(4,5)6/h23-28,35-36H,13-22,29-30H2,1-12H3/t35-,36-/m0/s1.